The summed E-state index contributed by atoms with van der Waals surface area (Å²) in [5, 5.41) is 3.20. The van der Waals surface area contributed by atoms with E-state index in [1.54, 1.807) is 30.5 Å². The molecule has 3 aromatic rings. The van der Waals surface area contributed by atoms with Crippen LogP contribution in [0, 0.1) is 0 Å². The summed E-state index contributed by atoms with van der Waals surface area (Å²) in [4.78, 5) is 4.95. The summed E-state index contributed by atoms with van der Waals surface area (Å²) < 4.78 is 44.1. The van der Waals surface area contributed by atoms with Crippen molar-refractivity contribution in [3.8, 4) is 11.5 Å². The molecule has 0 aliphatic carbocycles. The summed E-state index contributed by atoms with van der Waals surface area (Å²) in [7, 11) is 0. The number of aromatic nitrogens is 1. The fourth-order valence-corrected chi connectivity index (χ4v) is 2.98. The average Bonchev–Trinajstić information content (AvgIpc) is 2.99. The van der Waals surface area contributed by atoms with E-state index in [0.29, 0.717) is 16.8 Å². The van der Waals surface area contributed by atoms with E-state index in [-0.39, 0.29) is 5.75 Å². The molecule has 1 heterocycles. The number of halogens is 4. The lowest BCUT2D eigenvalue weighted by Crippen LogP contribution is -2.04. The Hall–Kier alpha value is -2.25. The number of hydrogen-bond donors (Lipinski definition) is 1. The third kappa shape index (κ3) is 4.87. The zero-order valence-electron chi connectivity index (χ0n) is 12.7. The van der Waals surface area contributed by atoms with Crippen molar-refractivity contribution in [2.24, 2.45) is 0 Å². The van der Waals surface area contributed by atoms with E-state index in [4.69, 9.17) is 16.3 Å². The van der Waals surface area contributed by atoms with Gasteiger partial charge in [0.05, 0.1) is 12.1 Å². The van der Waals surface area contributed by atoms with Gasteiger partial charge in [-0.15, -0.1) is 11.3 Å². The van der Waals surface area contributed by atoms with Crippen molar-refractivity contribution in [3.05, 3.63) is 69.6 Å². The van der Waals surface area contributed by atoms with Crippen LogP contribution in [0.2, 0.25) is 4.47 Å². The summed E-state index contributed by atoms with van der Waals surface area (Å²) in [6.45, 7) is 0.582. The number of alkyl halides is 3. The SMILES string of the molecule is FC(F)(F)c1cccc(Oc2ccc(NCc3cnc(Cl)s3)cc2)c1. The summed E-state index contributed by atoms with van der Waals surface area (Å²) in [6.07, 6.45) is -2.70. The molecule has 2 aromatic carbocycles. The molecule has 0 saturated carbocycles. The zero-order chi connectivity index (χ0) is 17.9. The lowest BCUT2D eigenvalue weighted by molar-refractivity contribution is -0.137. The van der Waals surface area contributed by atoms with Crippen LogP contribution in [0.3, 0.4) is 0 Å². The predicted octanol–water partition coefficient (Wildman–Crippen LogP) is 6.22. The van der Waals surface area contributed by atoms with Crippen molar-refractivity contribution >= 4 is 28.6 Å². The molecule has 8 heteroatoms. The molecule has 0 aliphatic heterocycles. The standard InChI is InChI=1S/C17H12ClF3N2OS/c18-16-23-10-15(25-16)9-22-12-4-6-13(7-5-12)24-14-3-1-2-11(8-14)17(19,20)21/h1-8,10,22H,9H2. The van der Waals surface area contributed by atoms with Gasteiger partial charge in [0.25, 0.3) is 0 Å². The Morgan fingerprint density at radius 2 is 1.84 bits per heavy atom. The Balaban J connectivity index is 1.62. The fraction of sp³-hybridized carbons (Fsp3) is 0.118. The zero-order valence-corrected chi connectivity index (χ0v) is 14.3. The van der Waals surface area contributed by atoms with E-state index in [2.05, 4.69) is 10.3 Å². The van der Waals surface area contributed by atoms with Gasteiger partial charge in [0.1, 0.15) is 11.5 Å². The summed E-state index contributed by atoms with van der Waals surface area (Å²) >= 11 is 7.16. The van der Waals surface area contributed by atoms with Gasteiger partial charge in [-0.25, -0.2) is 4.98 Å². The van der Waals surface area contributed by atoms with Crippen molar-refractivity contribution in [2.45, 2.75) is 12.7 Å². The van der Waals surface area contributed by atoms with Gasteiger partial charge in [0, 0.05) is 16.8 Å². The molecule has 3 nitrogen and oxygen atoms in total. The highest BCUT2D eigenvalue weighted by molar-refractivity contribution is 7.15. The molecular weight excluding hydrogens is 373 g/mol. The monoisotopic (exact) mass is 384 g/mol. The van der Waals surface area contributed by atoms with Gasteiger partial charge < -0.3 is 10.1 Å². The third-order valence-electron chi connectivity index (χ3n) is 3.24. The molecule has 0 unspecified atom stereocenters. The molecule has 0 radical (unpaired) electrons. The number of hydrogen-bond acceptors (Lipinski definition) is 4. The van der Waals surface area contributed by atoms with E-state index >= 15 is 0 Å². The maximum absolute atomic E-state index is 12.7. The molecule has 1 N–H and O–H groups in total. The van der Waals surface area contributed by atoms with Crippen LogP contribution in [0.5, 0.6) is 11.5 Å². The van der Waals surface area contributed by atoms with Gasteiger partial charge in [0.15, 0.2) is 4.47 Å². The van der Waals surface area contributed by atoms with E-state index in [9.17, 15) is 13.2 Å². The molecule has 25 heavy (non-hydrogen) atoms. The van der Waals surface area contributed by atoms with Crippen LogP contribution in [0.4, 0.5) is 18.9 Å². The second-order valence-electron chi connectivity index (χ2n) is 5.09. The highest BCUT2D eigenvalue weighted by atomic mass is 35.5. The van der Waals surface area contributed by atoms with E-state index in [1.165, 1.54) is 23.5 Å². The highest BCUT2D eigenvalue weighted by Gasteiger charge is 2.30. The van der Waals surface area contributed by atoms with Gasteiger partial charge in [0.2, 0.25) is 0 Å². The molecule has 1 aromatic heterocycles. The molecule has 3 rings (SSSR count). The van der Waals surface area contributed by atoms with Gasteiger partial charge in [-0.05, 0) is 42.5 Å². The Kier molecular flexibility index (Phi) is 5.15. The van der Waals surface area contributed by atoms with Crippen LogP contribution >= 0.6 is 22.9 Å². The average molecular weight is 385 g/mol. The number of rotatable bonds is 5. The largest absolute Gasteiger partial charge is 0.457 e. The maximum Gasteiger partial charge on any atom is 0.416 e. The lowest BCUT2D eigenvalue weighted by Gasteiger charge is -2.11. The molecule has 130 valence electrons. The Bertz CT molecular complexity index is 850. The molecule has 0 fully saturated rings. The molecule has 0 bridgehead atoms. The normalized spacial score (nSPS) is 11.4. The van der Waals surface area contributed by atoms with Crippen LogP contribution < -0.4 is 10.1 Å². The van der Waals surface area contributed by atoms with Crippen molar-refractivity contribution in [3.63, 3.8) is 0 Å². The van der Waals surface area contributed by atoms with Crippen LogP contribution in [0.15, 0.2) is 54.7 Å². The minimum absolute atomic E-state index is 0.134. The second kappa shape index (κ2) is 7.33. The number of nitrogens with one attached hydrogen (secondary N) is 1. The molecule has 0 spiro atoms. The van der Waals surface area contributed by atoms with Gasteiger partial charge in [-0.2, -0.15) is 13.2 Å². The summed E-state index contributed by atoms with van der Waals surface area (Å²) in [5.74, 6) is 0.584. The van der Waals surface area contributed by atoms with Gasteiger partial charge in [-0.1, -0.05) is 17.7 Å². The third-order valence-corrected chi connectivity index (χ3v) is 4.36. The molecule has 0 aliphatic rings. The van der Waals surface area contributed by atoms with Crippen LogP contribution in [-0.2, 0) is 12.7 Å². The van der Waals surface area contributed by atoms with Crippen LogP contribution in [-0.4, -0.2) is 4.98 Å². The smallest absolute Gasteiger partial charge is 0.416 e. The second-order valence-corrected chi connectivity index (χ2v) is 6.78. The Labute approximate surface area is 151 Å². The number of ether oxygens (including phenoxy) is 1. The first-order chi connectivity index (χ1) is 11.9. The van der Waals surface area contributed by atoms with Crippen molar-refractivity contribution in [1.29, 1.82) is 0 Å². The molecule has 0 atom stereocenters. The topological polar surface area (TPSA) is 34.1 Å². The first-order valence-corrected chi connectivity index (χ1v) is 8.39. The fourth-order valence-electron chi connectivity index (χ4n) is 2.07. The lowest BCUT2D eigenvalue weighted by atomic mass is 10.2. The first kappa shape index (κ1) is 17.6. The van der Waals surface area contributed by atoms with E-state index < -0.39 is 11.7 Å². The molecule has 0 amide bonds. The van der Waals surface area contributed by atoms with E-state index in [0.717, 1.165) is 22.7 Å². The number of anilines is 1. The number of benzene rings is 2. The van der Waals surface area contributed by atoms with E-state index in [1.807, 2.05) is 0 Å². The summed E-state index contributed by atoms with van der Waals surface area (Å²) in [5.41, 5.74) is 0.104. The minimum Gasteiger partial charge on any atom is -0.457 e. The number of nitrogens with zero attached hydrogens (tertiary/aromatic N) is 1. The van der Waals surface area contributed by atoms with Crippen LogP contribution in [0.25, 0.3) is 0 Å². The van der Waals surface area contributed by atoms with Crippen molar-refractivity contribution < 1.29 is 17.9 Å². The van der Waals surface area contributed by atoms with Crippen molar-refractivity contribution in [1.82, 2.24) is 4.98 Å². The van der Waals surface area contributed by atoms with Crippen molar-refractivity contribution in [2.75, 3.05) is 5.32 Å². The van der Waals surface area contributed by atoms with Gasteiger partial charge >= 0.3 is 6.18 Å². The molecule has 0 saturated heterocycles. The quantitative estimate of drug-likeness (QED) is 0.567. The first-order valence-electron chi connectivity index (χ1n) is 7.19. The van der Waals surface area contributed by atoms with Gasteiger partial charge in [-0.3, -0.25) is 0 Å². The Morgan fingerprint density at radius 1 is 1.08 bits per heavy atom. The summed E-state index contributed by atoms with van der Waals surface area (Å²) in [6, 6.07) is 11.7. The predicted molar refractivity (Wildman–Crippen MR) is 92.4 cm³/mol. The number of thiazole rings is 1. The molecular formula is C17H12ClF3N2OS. The highest BCUT2D eigenvalue weighted by Crippen LogP contribution is 2.33. The minimum atomic E-state index is -4.40. The van der Waals surface area contributed by atoms with Crippen LogP contribution in [0.1, 0.15) is 10.4 Å². The Morgan fingerprint density at radius 3 is 2.48 bits per heavy atom. The maximum atomic E-state index is 12.7.